The molecule has 11 heavy (non-hydrogen) atoms. The molecule has 0 spiro atoms. The van der Waals surface area contributed by atoms with Crippen LogP contribution in [0.25, 0.3) is 0 Å². The first-order chi connectivity index (χ1) is 4.54. The summed E-state index contributed by atoms with van der Waals surface area (Å²) in [5.41, 5.74) is 0. The Morgan fingerprint density at radius 1 is 1.55 bits per heavy atom. The molecule has 1 fully saturated rings. The Morgan fingerprint density at radius 2 is 2.09 bits per heavy atom. The maximum absolute atomic E-state index is 12.4. The van der Waals surface area contributed by atoms with Crippen molar-refractivity contribution in [2.24, 2.45) is 0 Å². The maximum atomic E-state index is 12.4. The number of nitrogens with zero attached hydrogens (tertiary/aromatic N) is 1. The zero-order chi connectivity index (χ0) is 7.78. The van der Waals surface area contributed by atoms with E-state index in [-0.39, 0.29) is 36.7 Å². The van der Waals surface area contributed by atoms with Gasteiger partial charge in [-0.15, -0.1) is 12.4 Å². The first kappa shape index (κ1) is 10.4. The standard InChI is InChI=1S/C5H7F2NO2.ClH/c6-5(7)2-1-3-8(5)4(9)10;/h1-3H2,(H,9,10);1H. The van der Waals surface area contributed by atoms with Gasteiger partial charge in [-0.3, -0.25) is 0 Å². The number of alkyl halides is 2. The molecule has 1 amide bonds. The van der Waals surface area contributed by atoms with Gasteiger partial charge in [0.05, 0.1) is 0 Å². The number of likely N-dealkylation sites (tertiary alicyclic amines) is 1. The van der Waals surface area contributed by atoms with Gasteiger partial charge in [-0.05, 0) is 6.42 Å². The lowest BCUT2D eigenvalue weighted by Gasteiger charge is -2.19. The number of amides is 1. The molecular weight excluding hydrogens is 180 g/mol. The molecule has 0 aromatic rings. The molecule has 0 aromatic heterocycles. The molecule has 0 atom stereocenters. The summed E-state index contributed by atoms with van der Waals surface area (Å²) in [5, 5.41) is 8.19. The van der Waals surface area contributed by atoms with Crippen LogP contribution in [0.2, 0.25) is 0 Å². The molecule has 0 unspecified atom stereocenters. The second kappa shape index (κ2) is 3.21. The van der Waals surface area contributed by atoms with Crippen molar-refractivity contribution in [2.75, 3.05) is 6.54 Å². The Balaban J connectivity index is 0.000001000. The van der Waals surface area contributed by atoms with Gasteiger partial charge < -0.3 is 5.11 Å². The van der Waals surface area contributed by atoms with Crippen LogP contribution in [0.15, 0.2) is 0 Å². The molecule has 3 nitrogen and oxygen atoms in total. The van der Waals surface area contributed by atoms with Crippen molar-refractivity contribution >= 4 is 18.5 Å². The molecule has 1 aliphatic rings. The van der Waals surface area contributed by atoms with Gasteiger partial charge in [-0.2, -0.15) is 8.78 Å². The van der Waals surface area contributed by atoms with E-state index in [1.165, 1.54) is 0 Å². The summed E-state index contributed by atoms with van der Waals surface area (Å²) in [6, 6.07) is -3.13. The Hall–Kier alpha value is -0.580. The van der Waals surface area contributed by atoms with Gasteiger partial charge in [-0.25, -0.2) is 9.69 Å². The molecule has 1 aliphatic heterocycles. The predicted molar refractivity (Wildman–Crippen MR) is 36.2 cm³/mol. The van der Waals surface area contributed by atoms with Crippen LogP contribution in [0, 0.1) is 0 Å². The van der Waals surface area contributed by atoms with Crippen molar-refractivity contribution in [3.63, 3.8) is 0 Å². The van der Waals surface area contributed by atoms with Crippen LogP contribution < -0.4 is 0 Å². The minimum Gasteiger partial charge on any atom is -0.465 e. The molecule has 6 heteroatoms. The predicted octanol–water partition coefficient (Wildman–Crippen LogP) is 1.77. The van der Waals surface area contributed by atoms with Crippen LogP contribution in [0.3, 0.4) is 0 Å². The number of hydrogen-bond acceptors (Lipinski definition) is 1. The summed E-state index contributed by atoms with van der Waals surface area (Å²) in [7, 11) is 0. The van der Waals surface area contributed by atoms with E-state index in [1.807, 2.05) is 0 Å². The van der Waals surface area contributed by atoms with Crippen molar-refractivity contribution in [3.8, 4) is 0 Å². The molecule has 1 N–H and O–H groups in total. The summed E-state index contributed by atoms with van der Waals surface area (Å²) in [6.45, 7) is -0.0532. The second-order valence-corrected chi connectivity index (χ2v) is 2.20. The van der Waals surface area contributed by atoms with Crippen LogP contribution in [0.5, 0.6) is 0 Å². The quantitative estimate of drug-likeness (QED) is 0.588. The average Bonchev–Trinajstić information content (AvgIpc) is 2.08. The highest BCUT2D eigenvalue weighted by atomic mass is 35.5. The largest absolute Gasteiger partial charge is 0.465 e. The molecule has 66 valence electrons. The van der Waals surface area contributed by atoms with Crippen molar-refractivity contribution in [3.05, 3.63) is 0 Å². The van der Waals surface area contributed by atoms with E-state index in [2.05, 4.69) is 0 Å². The van der Waals surface area contributed by atoms with E-state index in [0.29, 0.717) is 0 Å². The number of carboxylic acid groups (broad SMARTS) is 1. The van der Waals surface area contributed by atoms with Crippen LogP contribution in [-0.4, -0.2) is 28.7 Å². The van der Waals surface area contributed by atoms with E-state index in [4.69, 9.17) is 5.11 Å². The maximum Gasteiger partial charge on any atom is 0.411 e. The van der Waals surface area contributed by atoms with Crippen LogP contribution in [0.1, 0.15) is 12.8 Å². The first-order valence-corrected chi connectivity index (χ1v) is 2.92. The van der Waals surface area contributed by atoms with Gasteiger partial charge in [0.2, 0.25) is 0 Å². The third-order valence-corrected chi connectivity index (χ3v) is 1.49. The monoisotopic (exact) mass is 187 g/mol. The SMILES string of the molecule is Cl.O=C(O)N1CCCC1(F)F. The third-order valence-electron chi connectivity index (χ3n) is 1.49. The molecule has 0 radical (unpaired) electrons. The molecular formula is C5H8ClF2NO2. The average molecular weight is 188 g/mol. The fraction of sp³-hybridized carbons (Fsp3) is 0.800. The summed E-state index contributed by atoms with van der Waals surface area (Å²) < 4.78 is 24.8. The highest BCUT2D eigenvalue weighted by molar-refractivity contribution is 5.85. The zero-order valence-corrected chi connectivity index (χ0v) is 6.40. The van der Waals surface area contributed by atoms with Gasteiger partial charge in [0.15, 0.2) is 0 Å². The second-order valence-electron chi connectivity index (χ2n) is 2.20. The Kier molecular flexibility index (Phi) is 3.04. The molecule has 1 saturated heterocycles. The highest BCUT2D eigenvalue weighted by Crippen LogP contribution is 2.31. The van der Waals surface area contributed by atoms with Crippen LogP contribution in [-0.2, 0) is 0 Å². The minimum atomic E-state index is -3.13. The van der Waals surface area contributed by atoms with Gasteiger partial charge >= 0.3 is 12.1 Å². The Labute approximate surface area is 68.4 Å². The molecule has 1 rings (SSSR count). The van der Waals surface area contributed by atoms with Crippen molar-refractivity contribution < 1.29 is 18.7 Å². The van der Waals surface area contributed by atoms with Gasteiger partial charge in [0, 0.05) is 13.0 Å². The number of halogens is 3. The molecule has 0 saturated carbocycles. The Morgan fingerprint density at radius 3 is 2.27 bits per heavy atom. The fourth-order valence-electron chi connectivity index (χ4n) is 0.984. The zero-order valence-electron chi connectivity index (χ0n) is 5.59. The first-order valence-electron chi connectivity index (χ1n) is 2.92. The lowest BCUT2D eigenvalue weighted by Crippen LogP contribution is -2.39. The normalized spacial score (nSPS) is 21.1. The van der Waals surface area contributed by atoms with E-state index >= 15 is 0 Å². The summed E-state index contributed by atoms with van der Waals surface area (Å²) >= 11 is 0. The number of carbonyl (C=O) groups is 1. The molecule has 0 aromatic carbocycles. The molecule has 0 bridgehead atoms. The highest BCUT2D eigenvalue weighted by Gasteiger charge is 2.44. The topological polar surface area (TPSA) is 40.5 Å². The lowest BCUT2D eigenvalue weighted by molar-refractivity contribution is -0.101. The third kappa shape index (κ3) is 1.92. The number of hydrogen-bond donors (Lipinski definition) is 1. The van der Waals surface area contributed by atoms with E-state index in [9.17, 15) is 13.6 Å². The summed E-state index contributed by atoms with van der Waals surface area (Å²) in [5.74, 6) is 0. The number of rotatable bonds is 0. The fourth-order valence-corrected chi connectivity index (χ4v) is 0.984. The van der Waals surface area contributed by atoms with Crippen molar-refractivity contribution in [1.29, 1.82) is 0 Å². The molecule has 1 heterocycles. The molecule has 0 aliphatic carbocycles. The van der Waals surface area contributed by atoms with E-state index in [1.54, 1.807) is 0 Å². The van der Waals surface area contributed by atoms with Crippen LogP contribution in [0.4, 0.5) is 13.6 Å². The Bertz CT molecular complexity index is 165. The lowest BCUT2D eigenvalue weighted by atomic mass is 10.4. The van der Waals surface area contributed by atoms with Gasteiger partial charge in [0.1, 0.15) is 0 Å². The van der Waals surface area contributed by atoms with E-state index in [0.717, 1.165) is 0 Å². The van der Waals surface area contributed by atoms with Gasteiger partial charge in [0.25, 0.3) is 0 Å². The van der Waals surface area contributed by atoms with Crippen molar-refractivity contribution in [2.45, 2.75) is 18.9 Å². The van der Waals surface area contributed by atoms with Crippen molar-refractivity contribution in [1.82, 2.24) is 4.90 Å². The summed E-state index contributed by atoms with van der Waals surface area (Å²) in [4.78, 5) is 10.2. The smallest absolute Gasteiger partial charge is 0.411 e. The van der Waals surface area contributed by atoms with Gasteiger partial charge in [-0.1, -0.05) is 0 Å². The van der Waals surface area contributed by atoms with Crippen LogP contribution >= 0.6 is 12.4 Å². The summed E-state index contributed by atoms with van der Waals surface area (Å²) in [6.07, 6.45) is -1.64. The van der Waals surface area contributed by atoms with E-state index < -0.39 is 12.1 Å². The minimum absolute atomic E-state index is 0.